The van der Waals surface area contributed by atoms with Gasteiger partial charge in [0, 0.05) is 24.2 Å². The Morgan fingerprint density at radius 1 is 1.11 bits per heavy atom. The third kappa shape index (κ3) is 3.11. The summed E-state index contributed by atoms with van der Waals surface area (Å²) in [6.45, 7) is 4.58. The zero-order valence-electron chi connectivity index (χ0n) is 17.0. The molecule has 0 unspecified atom stereocenters. The number of allylic oxidation sites excluding steroid dienone is 1. The fourth-order valence-electron chi connectivity index (χ4n) is 6.95. The number of rotatable bonds is 4. The molecule has 0 aliphatic heterocycles. The van der Waals surface area contributed by atoms with Crippen molar-refractivity contribution in [1.29, 1.82) is 0 Å². The highest BCUT2D eigenvalue weighted by molar-refractivity contribution is 5.87. The Morgan fingerprint density at radius 2 is 1.82 bits per heavy atom. The van der Waals surface area contributed by atoms with Crippen LogP contribution in [0.1, 0.15) is 78.1 Å². The average Bonchev–Trinajstić information content (AvgIpc) is 2.95. The van der Waals surface area contributed by atoms with Crippen LogP contribution in [0.4, 0.5) is 0 Å². The van der Waals surface area contributed by atoms with Gasteiger partial charge in [-0.15, -0.1) is 0 Å². The summed E-state index contributed by atoms with van der Waals surface area (Å²) in [6, 6.07) is 0. The molecule has 4 aliphatic carbocycles. The topological polar surface area (TPSA) is 83.5 Å². The molecule has 5 heteroatoms. The number of hydrogen-bond donors (Lipinski definition) is 0. The lowest BCUT2D eigenvalue weighted by molar-refractivity contribution is -0.305. The van der Waals surface area contributed by atoms with Crippen LogP contribution in [0.2, 0.25) is 0 Å². The molecule has 0 aromatic rings. The number of carbonyl (C=O) groups excluding carboxylic acids is 3. The molecular formula is C23H31O5-. The van der Waals surface area contributed by atoms with Crippen LogP contribution in [-0.2, 0) is 19.1 Å². The van der Waals surface area contributed by atoms with Gasteiger partial charge in [0.2, 0.25) is 0 Å². The van der Waals surface area contributed by atoms with Crippen molar-refractivity contribution in [2.75, 3.05) is 0 Å². The number of carboxylic acids is 1. The summed E-state index contributed by atoms with van der Waals surface area (Å²) in [5.41, 5.74) is 1.45. The van der Waals surface area contributed by atoms with E-state index in [0.29, 0.717) is 23.5 Å². The van der Waals surface area contributed by atoms with Gasteiger partial charge in [0.1, 0.15) is 11.9 Å². The number of carbonyl (C=O) groups is 3. The van der Waals surface area contributed by atoms with E-state index in [1.165, 1.54) is 5.57 Å². The molecule has 0 bridgehead atoms. The highest BCUT2D eigenvalue weighted by Gasteiger charge is 2.58. The largest absolute Gasteiger partial charge is 0.550 e. The van der Waals surface area contributed by atoms with Gasteiger partial charge < -0.3 is 14.6 Å². The van der Waals surface area contributed by atoms with Gasteiger partial charge in [-0.1, -0.05) is 25.5 Å². The first-order valence-electron chi connectivity index (χ1n) is 10.9. The molecule has 154 valence electrons. The van der Waals surface area contributed by atoms with Gasteiger partial charge in [-0.05, 0) is 68.1 Å². The van der Waals surface area contributed by atoms with E-state index in [1.54, 1.807) is 0 Å². The van der Waals surface area contributed by atoms with Crippen molar-refractivity contribution in [3.05, 3.63) is 11.6 Å². The molecule has 6 atom stereocenters. The number of carboxylic acid groups (broad SMARTS) is 1. The number of ketones is 1. The Hall–Kier alpha value is -1.65. The van der Waals surface area contributed by atoms with Crippen molar-refractivity contribution in [3.8, 4) is 0 Å². The first-order valence-corrected chi connectivity index (χ1v) is 10.9. The summed E-state index contributed by atoms with van der Waals surface area (Å²) in [5.74, 6) is 0.554. The SMILES string of the molecule is C[C@]12CC[C@H](OC(=O)CCC(=O)[O-])CC1=CC[C@H]1[C@H]2CC[C@]2(C)C(=O)CC[C@@H]12. The lowest BCUT2D eigenvalue weighted by Gasteiger charge is -2.56. The predicted octanol–water partition coefficient (Wildman–Crippen LogP) is 2.96. The number of aliphatic carboxylic acids is 1. The van der Waals surface area contributed by atoms with Crippen LogP contribution in [0, 0.1) is 28.6 Å². The Bertz CT molecular complexity index is 725. The Morgan fingerprint density at radius 3 is 2.57 bits per heavy atom. The third-order valence-electron chi connectivity index (χ3n) is 8.60. The van der Waals surface area contributed by atoms with E-state index in [-0.39, 0.29) is 29.8 Å². The minimum Gasteiger partial charge on any atom is -0.550 e. The molecule has 0 amide bonds. The van der Waals surface area contributed by atoms with Gasteiger partial charge in [-0.2, -0.15) is 0 Å². The fourth-order valence-corrected chi connectivity index (χ4v) is 6.95. The summed E-state index contributed by atoms with van der Waals surface area (Å²) < 4.78 is 5.56. The molecule has 28 heavy (non-hydrogen) atoms. The lowest BCUT2D eigenvalue weighted by Crippen LogP contribution is -2.50. The van der Waals surface area contributed by atoms with Crippen molar-refractivity contribution in [1.82, 2.24) is 0 Å². The predicted molar refractivity (Wildman–Crippen MR) is 101 cm³/mol. The first-order chi connectivity index (χ1) is 13.2. The van der Waals surface area contributed by atoms with Crippen molar-refractivity contribution in [2.45, 2.75) is 84.2 Å². The van der Waals surface area contributed by atoms with Crippen LogP contribution in [0.3, 0.4) is 0 Å². The minimum absolute atomic E-state index is 0.103. The summed E-state index contributed by atoms with van der Waals surface area (Å²) in [4.78, 5) is 34.9. The second kappa shape index (κ2) is 7.00. The van der Waals surface area contributed by atoms with Crippen molar-refractivity contribution in [2.24, 2.45) is 28.6 Å². The highest BCUT2D eigenvalue weighted by Crippen LogP contribution is 2.64. The molecule has 0 saturated heterocycles. The number of esters is 1. The smallest absolute Gasteiger partial charge is 0.306 e. The van der Waals surface area contributed by atoms with Crippen molar-refractivity contribution < 1.29 is 24.2 Å². The number of Topliss-reactive ketones (excluding diaryl/α,β-unsaturated/α-hetero) is 1. The molecule has 3 saturated carbocycles. The van der Waals surface area contributed by atoms with E-state index in [0.717, 1.165) is 51.4 Å². The summed E-state index contributed by atoms with van der Waals surface area (Å²) in [7, 11) is 0. The molecule has 0 radical (unpaired) electrons. The number of hydrogen-bond acceptors (Lipinski definition) is 5. The summed E-state index contributed by atoms with van der Waals surface area (Å²) in [5, 5.41) is 10.5. The standard InChI is InChI=1S/C23H32O5/c1-22-11-9-15(28-21(27)8-7-20(25)26)13-14(22)3-4-16-17-5-6-19(24)23(17,2)12-10-18(16)22/h3,15-18H,4-13H2,1-2H3,(H,25,26)/p-1/t15-,16+,17-,18+,22-,23-/m0/s1. The van der Waals surface area contributed by atoms with E-state index >= 15 is 0 Å². The molecule has 4 aliphatic rings. The maximum absolute atomic E-state index is 12.5. The average molecular weight is 387 g/mol. The Labute approximate surface area is 166 Å². The van der Waals surface area contributed by atoms with Gasteiger partial charge >= 0.3 is 5.97 Å². The van der Waals surface area contributed by atoms with Gasteiger partial charge in [0.25, 0.3) is 0 Å². The second-order valence-corrected chi connectivity index (χ2v) is 9.90. The highest BCUT2D eigenvalue weighted by atomic mass is 16.5. The molecule has 3 fully saturated rings. The van der Waals surface area contributed by atoms with Crippen LogP contribution in [0.15, 0.2) is 11.6 Å². The normalized spacial score (nSPS) is 42.1. The summed E-state index contributed by atoms with van der Waals surface area (Å²) >= 11 is 0. The van der Waals surface area contributed by atoms with Gasteiger partial charge in [0.05, 0.1) is 6.42 Å². The van der Waals surface area contributed by atoms with Gasteiger partial charge in [-0.25, -0.2) is 0 Å². The molecule has 0 aromatic heterocycles. The number of fused-ring (bicyclic) bond motifs is 5. The molecule has 0 heterocycles. The Balaban J connectivity index is 1.46. The van der Waals surface area contributed by atoms with E-state index < -0.39 is 11.9 Å². The van der Waals surface area contributed by atoms with Crippen LogP contribution in [0.5, 0.6) is 0 Å². The fraction of sp³-hybridized carbons (Fsp3) is 0.783. The van der Waals surface area contributed by atoms with Crippen molar-refractivity contribution >= 4 is 17.7 Å². The van der Waals surface area contributed by atoms with Crippen LogP contribution >= 0.6 is 0 Å². The van der Waals surface area contributed by atoms with Crippen LogP contribution in [-0.4, -0.2) is 23.8 Å². The molecule has 0 spiro atoms. The van der Waals surface area contributed by atoms with Crippen LogP contribution in [0.25, 0.3) is 0 Å². The minimum atomic E-state index is -1.22. The third-order valence-corrected chi connectivity index (χ3v) is 8.60. The summed E-state index contributed by atoms with van der Waals surface area (Å²) in [6.07, 6.45) is 9.38. The second-order valence-electron chi connectivity index (χ2n) is 9.90. The van der Waals surface area contributed by atoms with Crippen LogP contribution < -0.4 is 5.11 Å². The lowest BCUT2D eigenvalue weighted by atomic mass is 9.48. The number of ether oxygens (including phenoxy) is 1. The van der Waals surface area contributed by atoms with E-state index in [4.69, 9.17) is 4.74 Å². The van der Waals surface area contributed by atoms with Crippen molar-refractivity contribution in [3.63, 3.8) is 0 Å². The zero-order chi connectivity index (χ0) is 20.1. The molecule has 0 aromatic carbocycles. The zero-order valence-corrected chi connectivity index (χ0v) is 17.0. The van der Waals surface area contributed by atoms with E-state index in [9.17, 15) is 19.5 Å². The molecule has 5 nitrogen and oxygen atoms in total. The molecular weight excluding hydrogens is 356 g/mol. The molecule has 0 N–H and O–H groups in total. The quantitative estimate of drug-likeness (QED) is 0.547. The monoisotopic (exact) mass is 387 g/mol. The molecule has 4 rings (SSSR count). The Kier molecular flexibility index (Phi) is 4.91. The first kappa shape index (κ1) is 19.7. The van der Waals surface area contributed by atoms with E-state index in [1.807, 2.05) is 0 Å². The van der Waals surface area contributed by atoms with Gasteiger partial charge in [0.15, 0.2) is 0 Å². The maximum Gasteiger partial charge on any atom is 0.306 e. The maximum atomic E-state index is 12.5. The van der Waals surface area contributed by atoms with E-state index in [2.05, 4.69) is 19.9 Å². The van der Waals surface area contributed by atoms with Gasteiger partial charge in [-0.3, -0.25) is 9.59 Å².